The summed E-state index contributed by atoms with van der Waals surface area (Å²) >= 11 is 0. The van der Waals surface area contributed by atoms with Crippen LogP contribution in [0.15, 0.2) is 66.9 Å². The molecule has 2 saturated heterocycles. The van der Waals surface area contributed by atoms with Gasteiger partial charge in [-0.15, -0.1) is 12.4 Å². The molecule has 0 aliphatic carbocycles. The monoisotopic (exact) mass is 408 g/mol. The van der Waals surface area contributed by atoms with Gasteiger partial charge in [-0.1, -0.05) is 48.5 Å². The maximum absolute atomic E-state index is 13.2. The van der Waals surface area contributed by atoms with Gasteiger partial charge in [-0.3, -0.25) is 4.79 Å². The molecule has 2 aromatic carbocycles. The van der Waals surface area contributed by atoms with Crippen LogP contribution in [0, 0.1) is 0 Å². The lowest BCUT2D eigenvalue weighted by Gasteiger charge is -2.29. The zero-order valence-corrected chi connectivity index (χ0v) is 16.9. The Bertz CT molecular complexity index is 961. The number of aromatic nitrogens is 2. The number of piperidine rings is 1. The van der Waals surface area contributed by atoms with E-state index in [0.29, 0.717) is 17.6 Å². The Morgan fingerprint density at radius 3 is 2.24 bits per heavy atom. The number of nitrogens with one attached hydrogen (secondary N) is 2. The second-order valence-corrected chi connectivity index (χ2v) is 7.82. The molecule has 29 heavy (non-hydrogen) atoms. The van der Waals surface area contributed by atoms with Crippen LogP contribution in [-0.2, 0) is 0 Å². The fourth-order valence-corrected chi connectivity index (χ4v) is 4.50. The van der Waals surface area contributed by atoms with Gasteiger partial charge in [-0.05, 0) is 37.8 Å². The minimum atomic E-state index is -0.0349. The highest BCUT2D eigenvalue weighted by molar-refractivity contribution is 6.00. The van der Waals surface area contributed by atoms with E-state index in [1.54, 1.807) is 4.68 Å². The number of carbonyl (C=O) groups is 1. The molecule has 6 heteroatoms. The molecule has 3 aromatic rings. The number of benzene rings is 2. The fraction of sp³-hybridized carbons (Fsp3) is 0.304. The molecule has 2 fully saturated rings. The van der Waals surface area contributed by atoms with Gasteiger partial charge in [-0.2, -0.15) is 5.10 Å². The number of para-hydroxylation sites is 1. The van der Waals surface area contributed by atoms with E-state index in [9.17, 15) is 4.79 Å². The molecule has 150 valence electrons. The van der Waals surface area contributed by atoms with Crippen molar-refractivity contribution in [1.29, 1.82) is 0 Å². The van der Waals surface area contributed by atoms with Crippen molar-refractivity contribution in [3.63, 3.8) is 0 Å². The van der Waals surface area contributed by atoms with Gasteiger partial charge in [0.25, 0.3) is 5.91 Å². The van der Waals surface area contributed by atoms with E-state index < -0.39 is 0 Å². The number of halogens is 1. The van der Waals surface area contributed by atoms with E-state index in [0.717, 1.165) is 29.8 Å². The predicted octanol–water partition coefficient (Wildman–Crippen LogP) is 3.97. The Morgan fingerprint density at radius 2 is 1.59 bits per heavy atom. The van der Waals surface area contributed by atoms with Gasteiger partial charge < -0.3 is 10.6 Å². The quantitative estimate of drug-likeness (QED) is 0.686. The van der Waals surface area contributed by atoms with Gasteiger partial charge in [0.1, 0.15) is 5.69 Å². The molecule has 2 aliphatic rings. The van der Waals surface area contributed by atoms with E-state index in [1.807, 2.05) is 66.9 Å². The summed E-state index contributed by atoms with van der Waals surface area (Å²) in [5, 5.41) is 11.7. The molecule has 3 heterocycles. The third kappa shape index (κ3) is 4.07. The summed E-state index contributed by atoms with van der Waals surface area (Å²) < 4.78 is 1.80. The number of amides is 1. The molecular formula is C23H25ClN4O. The highest BCUT2D eigenvalue weighted by Crippen LogP contribution is 2.28. The first kappa shape index (κ1) is 19.7. The molecule has 1 aromatic heterocycles. The van der Waals surface area contributed by atoms with Gasteiger partial charge in [0, 0.05) is 29.9 Å². The third-order valence-corrected chi connectivity index (χ3v) is 5.84. The molecule has 2 unspecified atom stereocenters. The van der Waals surface area contributed by atoms with Crippen molar-refractivity contribution in [2.24, 2.45) is 0 Å². The van der Waals surface area contributed by atoms with Crippen LogP contribution >= 0.6 is 12.4 Å². The van der Waals surface area contributed by atoms with Crippen molar-refractivity contribution in [2.45, 2.75) is 43.8 Å². The lowest BCUT2D eigenvalue weighted by Crippen LogP contribution is -2.48. The van der Waals surface area contributed by atoms with E-state index in [-0.39, 0.29) is 24.4 Å². The Morgan fingerprint density at radius 1 is 0.966 bits per heavy atom. The lowest BCUT2D eigenvalue weighted by atomic mass is 9.99. The highest BCUT2D eigenvalue weighted by atomic mass is 35.5. The Kier molecular flexibility index (Phi) is 5.69. The standard InChI is InChI=1S/C23H24N4O.ClH/c28-23(25-19-13-17-11-12-18(14-19)24-17)21-15-27(20-9-5-2-6-10-20)26-22(21)16-7-3-1-4-8-16;/h1-10,15,17-19,24H,11-14H2,(H,25,28);1H. The average molecular weight is 409 g/mol. The van der Waals surface area contributed by atoms with E-state index in [4.69, 9.17) is 5.10 Å². The zero-order chi connectivity index (χ0) is 18.9. The first-order valence-electron chi connectivity index (χ1n) is 10.0. The van der Waals surface area contributed by atoms with Crippen LogP contribution in [0.3, 0.4) is 0 Å². The average Bonchev–Trinajstić information content (AvgIpc) is 3.33. The van der Waals surface area contributed by atoms with Crippen LogP contribution < -0.4 is 10.6 Å². The molecule has 2 atom stereocenters. The first-order chi connectivity index (χ1) is 13.8. The van der Waals surface area contributed by atoms with Crippen LogP contribution in [0.5, 0.6) is 0 Å². The van der Waals surface area contributed by atoms with Crippen molar-refractivity contribution in [3.05, 3.63) is 72.4 Å². The summed E-state index contributed by atoms with van der Waals surface area (Å²) in [6.45, 7) is 0. The zero-order valence-electron chi connectivity index (χ0n) is 16.1. The SMILES string of the molecule is Cl.O=C(NC1CC2CCC(C1)N2)c1cn(-c2ccccc2)nc1-c1ccccc1. The molecule has 2 N–H and O–H groups in total. The molecule has 5 nitrogen and oxygen atoms in total. The summed E-state index contributed by atoms with van der Waals surface area (Å²) in [7, 11) is 0. The Hall–Kier alpha value is -2.63. The van der Waals surface area contributed by atoms with Crippen LogP contribution in [0.2, 0.25) is 0 Å². The van der Waals surface area contributed by atoms with Crippen molar-refractivity contribution in [2.75, 3.05) is 0 Å². The molecule has 0 radical (unpaired) electrons. The van der Waals surface area contributed by atoms with Crippen molar-refractivity contribution >= 4 is 18.3 Å². The summed E-state index contributed by atoms with van der Waals surface area (Å²) in [6, 6.07) is 21.2. The maximum atomic E-state index is 13.2. The minimum absolute atomic E-state index is 0. The highest BCUT2D eigenvalue weighted by Gasteiger charge is 2.34. The molecule has 2 aliphatic heterocycles. The second-order valence-electron chi connectivity index (χ2n) is 7.82. The van der Waals surface area contributed by atoms with Crippen LogP contribution in [-0.4, -0.2) is 33.8 Å². The number of rotatable bonds is 4. The Balaban J connectivity index is 0.00000205. The number of hydrogen-bond acceptors (Lipinski definition) is 3. The number of hydrogen-bond donors (Lipinski definition) is 2. The van der Waals surface area contributed by atoms with Gasteiger partial charge in [0.2, 0.25) is 0 Å². The van der Waals surface area contributed by atoms with Crippen LogP contribution in [0.1, 0.15) is 36.0 Å². The second kappa shape index (κ2) is 8.39. The maximum Gasteiger partial charge on any atom is 0.255 e. The number of nitrogens with zero attached hydrogens (tertiary/aromatic N) is 2. The topological polar surface area (TPSA) is 59.0 Å². The van der Waals surface area contributed by atoms with Crippen molar-refractivity contribution < 1.29 is 4.79 Å². The van der Waals surface area contributed by atoms with Gasteiger partial charge in [-0.25, -0.2) is 4.68 Å². The largest absolute Gasteiger partial charge is 0.349 e. The summed E-state index contributed by atoms with van der Waals surface area (Å²) in [4.78, 5) is 13.2. The lowest BCUT2D eigenvalue weighted by molar-refractivity contribution is 0.0924. The van der Waals surface area contributed by atoms with Crippen molar-refractivity contribution in [3.8, 4) is 16.9 Å². The first-order valence-corrected chi connectivity index (χ1v) is 10.0. The summed E-state index contributed by atoms with van der Waals surface area (Å²) in [6.07, 6.45) is 6.31. The molecule has 5 rings (SSSR count). The molecule has 1 amide bonds. The van der Waals surface area contributed by atoms with Crippen molar-refractivity contribution in [1.82, 2.24) is 20.4 Å². The van der Waals surface area contributed by atoms with Crippen LogP contribution in [0.25, 0.3) is 16.9 Å². The Labute approximate surface area is 176 Å². The summed E-state index contributed by atoms with van der Waals surface area (Å²) in [5.74, 6) is -0.0349. The normalized spacial score (nSPS) is 22.7. The summed E-state index contributed by atoms with van der Waals surface area (Å²) in [5.41, 5.74) is 3.24. The fourth-order valence-electron chi connectivity index (χ4n) is 4.50. The molecule has 2 bridgehead atoms. The van der Waals surface area contributed by atoms with Gasteiger partial charge in [0.05, 0.1) is 11.3 Å². The predicted molar refractivity (Wildman–Crippen MR) is 117 cm³/mol. The third-order valence-electron chi connectivity index (χ3n) is 5.84. The van der Waals surface area contributed by atoms with Gasteiger partial charge >= 0.3 is 0 Å². The molecular weight excluding hydrogens is 384 g/mol. The number of fused-ring (bicyclic) bond motifs is 2. The van der Waals surface area contributed by atoms with Gasteiger partial charge in [0.15, 0.2) is 0 Å². The van der Waals surface area contributed by atoms with E-state index in [2.05, 4.69) is 10.6 Å². The minimum Gasteiger partial charge on any atom is -0.349 e. The molecule has 0 spiro atoms. The van der Waals surface area contributed by atoms with E-state index >= 15 is 0 Å². The number of carbonyl (C=O) groups excluding carboxylic acids is 1. The van der Waals surface area contributed by atoms with Crippen LogP contribution in [0.4, 0.5) is 0 Å². The molecule has 0 saturated carbocycles. The smallest absolute Gasteiger partial charge is 0.255 e. The van der Waals surface area contributed by atoms with E-state index in [1.165, 1.54) is 12.8 Å².